The average molecular weight is 190 g/mol. The summed E-state index contributed by atoms with van der Waals surface area (Å²) >= 11 is 0. The van der Waals surface area contributed by atoms with Crippen molar-refractivity contribution in [1.29, 1.82) is 0 Å². The van der Waals surface area contributed by atoms with Crippen molar-refractivity contribution in [2.75, 3.05) is 0 Å². The van der Waals surface area contributed by atoms with E-state index in [1.807, 2.05) is 6.07 Å². The summed E-state index contributed by atoms with van der Waals surface area (Å²) < 4.78 is 5.80. The number of hydrogen-bond donors (Lipinski definition) is 0. The van der Waals surface area contributed by atoms with Crippen LogP contribution in [-0.2, 0) is 11.3 Å². The van der Waals surface area contributed by atoms with Crippen LogP contribution in [0.2, 0.25) is 0 Å². The predicted octanol–water partition coefficient (Wildman–Crippen LogP) is 3.39. The zero-order valence-corrected chi connectivity index (χ0v) is 8.99. The Morgan fingerprint density at radius 1 is 1.21 bits per heavy atom. The minimum Gasteiger partial charge on any atom is -0.374 e. The van der Waals surface area contributed by atoms with Gasteiger partial charge in [-0.2, -0.15) is 0 Å². The van der Waals surface area contributed by atoms with E-state index in [0.29, 0.717) is 11.5 Å². The first-order chi connectivity index (χ1) is 6.66. The Morgan fingerprint density at radius 3 is 2.43 bits per heavy atom. The molecule has 1 aliphatic carbocycles. The lowest BCUT2D eigenvalue weighted by molar-refractivity contribution is -0.0732. The van der Waals surface area contributed by atoms with Crippen molar-refractivity contribution in [2.45, 2.75) is 39.4 Å². The molecule has 1 aliphatic rings. The second kappa shape index (κ2) is 3.74. The molecule has 0 unspecified atom stereocenters. The molecule has 1 nitrogen and oxygen atoms in total. The van der Waals surface area contributed by atoms with E-state index in [4.69, 9.17) is 4.74 Å². The summed E-state index contributed by atoms with van der Waals surface area (Å²) in [5.74, 6) is 0. The number of benzene rings is 1. The summed E-state index contributed by atoms with van der Waals surface area (Å²) in [5, 5.41) is 0. The Balaban J connectivity index is 1.75. The summed E-state index contributed by atoms with van der Waals surface area (Å²) in [5.41, 5.74) is 1.79. The van der Waals surface area contributed by atoms with Gasteiger partial charge in [-0.05, 0) is 23.8 Å². The van der Waals surface area contributed by atoms with E-state index in [2.05, 4.69) is 38.1 Å². The monoisotopic (exact) mass is 190 g/mol. The number of ether oxygens (including phenoxy) is 1. The summed E-state index contributed by atoms with van der Waals surface area (Å²) in [6.07, 6.45) is 2.91. The molecule has 0 radical (unpaired) electrons. The molecule has 1 aromatic carbocycles. The molecule has 1 fully saturated rings. The summed E-state index contributed by atoms with van der Waals surface area (Å²) in [6.45, 7) is 5.37. The van der Waals surface area contributed by atoms with Gasteiger partial charge in [-0.1, -0.05) is 44.2 Å². The van der Waals surface area contributed by atoms with Gasteiger partial charge in [0.05, 0.1) is 12.7 Å². The molecule has 0 N–H and O–H groups in total. The highest BCUT2D eigenvalue weighted by Crippen LogP contribution is 2.41. The van der Waals surface area contributed by atoms with Crippen LogP contribution in [0.25, 0.3) is 0 Å². The van der Waals surface area contributed by atoms with Crippen molar-refractivity contribution in [2.24, 2.45) is 5.41 Å². The summed E-state index contributed by atoms with van der Waals surface area (Å²) in [7, 11) is 0. The van der Waals surface area contributed by atoms with Gasteiger partial charge < -0.3 is 4.74 Å². The van der Waals surface area contributed by atoms with E-state index in [-0.39, 0.29) is 0 Å². The minimum atomic E-state index is 0.491. The van der Waals surface area contributed by atoms with Gasteiger partial charge in [0.2, 0.25) is 0 Å². The zero-order valence-electron chi connectivity index (χ0n) is 8.99. The maximum Gasteiger partial charge on any atom is 0.0720 e. The maximum absolute atomic E-state index is 5.80. The number of hydrogen-bond acceptors (Lipinski definition) is 1. The molecule has 0 heterocycles. The van der Waals surface area contributed by atoms with Crippen molar-refractivity contribution >= 4 is 0 Å². The Bertz CT molecular complexity index is 281. The van der Waals surface area contributed by atoms with Crippen molar-refractivity contribution in [1.82, 2.24) is 0 Å². The van der Waals surface area contributed by atoms with Gasteiger partial charge in [-0.3, -0.25) is 0 Å². The van der Waals surface area contributed by atoms with Crippen molar-refractivity contribution in [3.05, 3.63) is 35.9 Å². The minimum absolute atomic E-state index is 0.491. The molecule has 76 valence electrons. The van der Waals surface area contributed by atoms with E-state index in [0.717, 1.165) is 6.61 Å². The molecule has 0 amide bonds. The van der Waals surface area contributed by atoms with Crippen molar-refractivity contribution in [3.8, 4) is 0 Å². The van der Waals surface area contributed by atoms with E-state index in [9.17, 15) is 0 Å². The van der Waals surface area contributed by atoms with Crippen LogP contribution in [0.15, 0.2) is 30.3 Å². The number of rotatable bonds is 3. The molecular weight excluding hydrogens is 172 g/mol. The Kier molecular flexibility index (Phi) is 2.60. The van der Waals surface area contributed by atoms with Crippen LogP contribution < -0.4 is 0 Å². The van der Waals surface area contributed by atoms with Crippen LogP contribution in [0, 0.1) is 5.41 Å². The molecule has 0 aliphatic heterocycles. The normalized spacial score (nSPS) is 20.4. The lowest BCUT2D eigenvalue weighted by Gasteiger charge is -2.42. The van der Waals surface area contributed by atoms with Gasteiger partial charge in [0.25, 0.3) is 0 Å². The van der Waals surface area contributed by atoms with Gasteiger partial charge in [-0.15, -0.1) is 0 Å². The average Bonchev–Trinajstić information content (AvgIpc) is 2.13. The highest BCUT2D eigenvalue weighted by molar-refractivity contribution is 5.13. The van der Waals surface area contributed by atoms with Crippen molar-refractivity contribution < 1.29 is 4.74 Å². The van der Waals surface area contributed by atoms with Crippen LogP contribution in [0.5, 0.6) is 0 Å². The molecule has 2 rings (SSSR count). The fraction of sp³-hybridized carbons (Fsp3) is 0.538. The molecule has 1 heteroatoms. The topological polar surface area (TPSA) is 9.23 Å². The molecule has 0 spiro atoms. The summed E-state index contributed by atoms with van der Waals surface area (Å²) in [4.78, 5) is 0. The van der Waals surface area contributed by atoms with Crippen LogP contribution >= 0.6 is 0 Å². The van der Waals surface area contributed by atoms with E-state index < -0.39 is 0 Å². The third kappa shape index (κ3) is 2.36. The third-order valence-electron chi connectivity index (χ3n) is 2.89. The highest BCUT2D eigenvalue weighted by atomic mass is 16.5. The van der Waals surface area contributed by atoms with Gasteiger partial charge >= 0.3 is 0 Å². The lowest BCUT2D eigenvalue weighted by atomic mass is 9.70. The molecule has 0 saturated heterocycles. The zero-order chi connectivity index (χ0) is 10.0. The predicted molar refractivity (Wildman–Crippen MR) is 58.0 cm³/mol. The fourth-order valence-electron chi connectivity index (χ4n) is 2.08. The largest absolute Gasteiger partial charge is 0.374 e. The smallest absolute Gasteiger partial charge is 0.0720 e. The molecule has 0 aromatic heterocycles. The first kappa shape index (κ1) is 9.72. The second-order valence-corrected chi connectivity index (χ2v) is 4.99. The Labute approximate surface area is 86.1 Å². The standard InChI is InChI=1S/C13H18O/c1-13(2)8-12(9-13)14-10-11-6-4-3-5-7-11/h3-7,12H,8-10H2,1-2H3. The molecule has 14 heavy (non-hydrogen) atoms. The lowest BCUT2D eigenvalue weighted by Crippen LogP contribution is -2.37. The van der Waals surface area contributed by atoms with Gasteiger partial charge in [0.15, 0.2) is 0 Å². The van der Waals surface area contributed by atoms with Gasteiger partial charge in [-0.25, -0.2) is 0 Å². The van der Waals surface area contributed by atoms with E-state index in [1.165, 1.54) is 18.4 Å². The van der Waals surface area contributed by atoms with Crippen LogP contribution in [0.4, 0.5) is 0 Å². The molecule has 1 aromatic rings. The molecule has 0 atom stereocenters. The SMILES string of the molecule is CC1(C)CC(OCc2ccccc2)C1. The van der Waals surface area contributed by atoms with Gasteiger partial charge in [0.1, 0.15) is 0 Å². The van der Waals surface area contributed by atoms with E-state index in [1.54, 1.807) is 0 Å². The highest BCUT2D eigenvalue weighted by Gasteiger charge is 2.36. The Morgan fingerprint density at radius 2 is 1.86 bits per heavy atom. The van der Waals surface area contributed by atoms with Gasteiger partial charge in [0, 0.05) is 0 Å². The second-order valence-electron chi connectivity index (χ2n) is 4.99. The maximum atomic E-state index is 5.80. The van der Waals surface area contributed by atoms with E-state index >= 15 is 0 Å². The molecule has 0 bridgehead atoms. The van der Waals surface area contributed by atoms with Crippen LogP contribution in [0.1, 0.15) is 32.3 Å². The fourth-order valence-corrected chi connectivity index (χ4v) is 2.08. The Hall–Kier alpha value is -0.820. The van der Waals surface area contributed by atoms with Crippen LogP contribution in [0.3, 0.4) is 0 Å². The molecular formula is C13H18O. The first-order valence-corrected chi connectivity index (χ1v) is 5.31. The quantitative estimate of drug-likeness (QED) is 0.710. The molecule has 1 saturated carbocycles. The summed E-state index contributed by atoms with van der Waals surface area (Å²) in [6, 6.07) is 10.4. The first-order valence-electron chi connectivity index (χ1n) is 5.31. The van der Waals surface area contributed by atoms with Crippen LogP contribution in [-0.4, -0.2) is 6.10 Å². The van der Waals surface area contributed by atoms with Crippen molar-refractivity contribution in [3.63, 3.8) is 0 Å². The third-order valence-corrected chi connectivity index (χ3v) is 2.89.